The number of carbonyl (C=O) groups excluding carboxylic acids is 2. The molecule has 7 heteroatoms. The van der Waals surface area contributed by atoms with Crippen LogP contribution in [0.1, 0.15) is 6.92 Å². The van der Waals surface area contributed by atoms with Gasteiger partial charge in [0.25, 0.3) is 5.78 Å². The maximum Gasteiger partial charge on any atom is 0.451 e. The number of halogens is 3. The molecule has 0 aromatic heterocycles. The molecule has 0 spiro atoms. The Bertz CT molecular complexity index is 241. The van der Waals surface area contributed by atoms with E-state index in [9.17, 15) is 27.6 Å². The predicted molar refractivity (Wildman–Crippen MR) is 32.9 cm³/mol. The predicted octanol–water partition coefficient (Wildman–Crippen LogP) is 0.408. The molecule has 0 aromatic carbocycles. The van der Waals surface area contributed by atoms with E-state index < -0.39 is 29.6 Å². The van der Waals surface area contributed by atoms with Crippen molar-refractivity contribution in [2.75, 3.05) is 0 Å². The molecule has 1 N–H and O–H groups in total. The zero-order valence-electron chi connectivity index (χ0n) is 6.38. The van der Waals surface area contributed by atoms with Gasteiger partial charge in [-0.15, -0.1) is 0 Å². The van der Waals surface area contributed by atoms with Crippen LogP contribution in [0.2, 0.25) is 0 Å². The molecule has 0 radical (unpaired) electrons. The van der Waals surface area contributed by atoms with Gasteiger partial charge in [-0.25, -0.2) is 0 Å². The number of alkyl halides is 3. The summed E-state index contributed by atoms with van der Waals surface area (Å²) in [5.41, 5.74) is 0. The maximum absolute atomic E-state index is 11.7. The van der Waals surface area contributed by atoms with E-state index in [1.807, 2.05) is 0 Å². The van der Waals surface area contributed by atoms with Crippen molar-refractivity contribution in [1.82, 2.24) is 0 Å². The van der Waals surface area contributed by atoms with Gasteiger partial charge in [-0.3, -0.25) is 14.4 Å². The van der Waals surface area contributed by atoms with Gasteiger partial charge in [0.2, 0.25) is 0 Å². The molecule has 1 atom stereocenters. The SMILES string of the molecule is CC(=O)C(C(=O)O)C(=O)C(F)(F)F. The Morgan fingerprint density at radius 2 is 1.62 bits per heavy atom. The Kier molecular flexibility index (Phi) is 3.16. The van der Waals surface area contributed by atoms with E-state index >= 15 is 0 Å². The zero-order valence-corrected chi connectivity index (χ0v) is 6.38. The van der Waals surface area contributed by atoms with Crippen LogP contribution in [0.5, 0.6) is 0 Å². The Hall–Kier alpha value is -1.40. The van der Waals surface area contributed by atoms with Crippen molar-refractivity contribution < 1.29 is 32.7 Å². The second-order valence-corrected chi connectivity index (χ2v) is 2.24. The first-order chi connectivity index (χ1) is 5.68. The Labute approximate surface area is 70.3 Å². The molecule has 0 aliphatic heterocycles. The van der Waals surface area contributed by atoms with Gasteiger partial charge in [0.1, 0.15) is 0 Å². The van der Waals surface area contributed by atoms with Crippen LogP contribution in [0.25, 0.3) is 0 Å². The van der Waals surface area contributed by atoms with Crippen LogP contribution in [0.3, 0.4) is 0 Å². The molecule has 0 saturated heterocycles. The number of rotatable bonds is 3. The molecule has 0 rings (SSSR count). The second-order valence-electron chi connectivity index (χ2n) is 2.24. The van der Waals surface area contributed by atoms with Gasteiger partial charge in [-0.1, -0.05) is 0 Å². The lowest BCUT2D eigenvalue weighted by molar-refractivity contribution is -0.180. The third-order valence-corrected chi connectivity index (χ3v) is 1.20. The van der Waals surface area contributed by atoms with Crippen LogP contribution < -0.4 is 0 Å². The number of hydrogen-bond acceptors (Lipinski definition) is 3. The standard InChI is InChI=1S/C6H5F3O4/c1-2(10)3(5(12)13)4(11)6(7,8)9/h3H,1H3,(H,12,13). The first kappa shape index (κ1) is 11.6. The normalized spacial score (nSPS) is 13.5. The average molecular weight is 198 g/mol. The summed E-state index contributed by atoms with van der Waals surface area (Å²) in [5.74, 6) is -8.61. The lowest BCUT2D eigenvalue weighted by Gasteiger charge is -2.09. The Balaban J connectivity index is 4.89. The van der Waals surface area contributed by atoms with E-state index in [0.29, 0.717) is 6.92 Å². The van der Waals surface area contributed by atoms with Crippen molar-refractivity contribution in [1.29, 1.82) is 0 Å². The molecule has 0 saturated carbocycles. The number of Topliss-reactive ketones (excluding diaryl/α,β-unsaturated/α-hetero) is 2. The summed E-state index contributed by atoms with van der Waals surface area (Å²) >= 11 is 0. The van der Waals surface area contributed by atoms with Crippen molar-refractivity contribution in [3.05, 3.63) is 0 Å². The topological polar surface area (TPSA) is 71.4 Å². The molecular formula is C6H5F3O4. The maximum atomic E-state index is 11.7. The number of hydrogen-bond donors (Lipinski definition) is 1. The molecule has 0 amide bonds. The first-order valence-electron chi connectivity index (χ1n) is 3.02. The fourth-order valence-electron chi connectivity index (χ4n) is 0.634. The van der Waals surface area contributed by atoms with E-state index in [4.69, 9.17) is 5.11 Å². The van der Waals surface area contributed by atoms with Gasteiger partial charge in [0.15, 0.2) is 11.7 Å². The highest BCUT2D eigenvalue weighted by molar-refractivity contribution is 6.17. The van der Waals surface area contributed by atoms with E-state index in [2.05, 4.69) is 0 Å². The fraction of sp³-hybridized carbons (Fsp3) is 0.500. The second kappa shape index (κ2) is 3.55. The monoisotopic (exact) mass is 198 g/mol. The summed E-state index contributed by atoms with van der Waals surface area (Å²) in [4.78, 5) is 30.8. The van der Waals surface area contributed by atoms with E-state index in [1.165, 1.54) is 0 Å². The summed E-state index contributed by atoms with van der Waals surface area (Å²) in [6, 6.07) is 0. The molecule has 0 fully saturated rings. The average Bonchev–Trinajstić information content (AvgIpc) is 1.82. The summed E-state index contributed by atoms with van der Waals surface area (Å²) in [6.07, 6.45) is -5.30. The Morgan fingerprint density at radius 1 is 1.23 bits per heavy atom. The summed E-state index contributed by atoms with van der Waals surface area (Å²) in [7, 11) is 0. The van der Waals surface area contributed by atoms with Crippen molar-refractivity contribution >= 4 is 17.5 Å². The molecule has 0 aliphatic rings. The van der Waals surface area contributed by atoms with Crippen LogP contribution in [0.15, 0.2) is 0 Å². The van der Waals surface area contributed by atoms with Crippen LogP contribution in [-0.4, -0.2) is 28.8 Å². The van der Waals surface area contributed by atoms with E-state index in [1.54, 1.807) is 0 Å². The van der Waals surface area contributed by atoms with E-state index in [0.717, 1.165) is 0 Å². The minimum absolute atomic E-state index is 0.614. The van der Waals surface area contributed by atoms with E-state index in [-0.39, 0.29) is 0 Å². The van der Waals surface area contributed by atoms with Crippen molar-refractivity contribution in [2.24, 2.45) is 5.92 Å². The van der Waals surface area contributed by atoms with Crippen molar-refractivity contribution in [3.63, 3.8) is 0 Å². The van der Waals surface area contributed by atoms with Crippen LogP contribution in [0, 0.1) is 5.92 Å². The van der Waals surface area contributed by atoms with Crippen molar-refractivity contribution in [2.45, 2.75) is 13.1 Å². The number of ketones is 2. The molecule has 0 heterocycles. The number of aliphatic carboxylic acids is 1. The molecule has 13 heavy (non-hydrogen) atoms. The van der Waals surface area contributed by atoms with Crippen LogP contribution in [0.4, 0.5) is 13.2 Å². The zero-order chi connectivity index (χ0) is 10.8. The quantitative estimate of drug-likeness (QED) is 0.666. The third kappa shape index (κ3) is 2.85. The summed E-state index contributed by atoms with van der Waals surface area (Å²) in [5, 5.41) is 8.14. The number of carboxylic acids is 1. The van der Waals surface area contributed by atoms with Gasteiger partial charge in [-0.05, 0) is 6.92 Å². The third-order valence-electron chi connectivity index (χ3n) is 1.20. The van der Waals surface area contributed by atoms with Gasteiger partial charge >= 0.3 is 12.1 Å². The molecular weight excluding hydrogens is 193 g/mol. The minimum Gasteiger partial charge on any atom is -0.480 e. The lowest BCUT2D eigenvalue weighted by Crippen LogP contribution is -2.39. The molecule has 0 bridgehead atoms. The first-order valence-corrected chi connectivity index (χ1v) is 3.02. The molecule has 1 unspecified atom stereocenters. The van der Waals surface area contributed by atoms with Gasteiger partial charge in [0.05, 0.1) is 0 Å². The molecule has 0 aromatic rings. The number of carbonyl (C=O) groups is 3. The molecule has 4 nitrogen and oxygen atoms in total. The highest BCUT2D eigenvalue weighted by atomic mass is 19.4. The van der Waals surface area contributed by atoms with Gasteiger partial charge < -0.3 is 5.11 Å². The van der Waals surface area contributed by atoms with Gasteiger partial charge in [-0.2, -0.15) is 13.2 Å². The number of carboxylic acid groups (broad SMARTS) is 1. The highest BCUT2D eigenvalue weighted by Crippen LogP contribution is 2.21. The van der Waals surface area contributed by atoms with Crippen molar-refractivity contribution in [3.8, 4) is 0 Å². The summed E-state index contributed by atoms with van der Waals surface area (Å²) < 4.78 is 35.0. The molecule has 0 aliphatic carbocycles. The lowest BCUT2D eigenvalue weighted by atomic mass is 10.00. The molecule has 74 valence electrons. The highest BCUT2D eigenvalue weighted by Gasteiger charge is 2.48. The Morgan fingerprint density at radius 3 is 1.69 bits per heavy atom. The van der Waals surface area contributed by atoms with Gasteiger partial charge in [0, 0.05) is 0 Å². The van der Waals surface area contributed by atoms with Crippen LogP contribution in [-0.2, 0) is 14.4 Å². The minimum atomic E-state index is -5.30. The summed E-state index contributed by atoms with van der Waals surface area (Å²) in [6.45, 7) is 0.614. The largest absolute Gasteiger partial charge is 0.480 e. The van der Waals surface area contributed by atoms with Crippen LogP contribution >= 0.6 is 0 Å². The smallest absolute Gasteiger partial charge is 0.451 e. The fourth-order valence-corrected chi connectivity index (χ4v) is 0.634.